The number of hydrogen-bond acceptors (Lipinski definition) is 2. The smallest absolute Gasteiger partial charge is 0.310 e. The van der Waals surface area contributed by atoms with Crippen molar-refractivity contribution in [2.75, 3.05) is 26.4 Å². The summed E-state index contributed by atoms with van der Waals surface area (Å²) in [6.45, 7) is 12.3. The highest BCUT2D eigenvalue weighted by Gasteiger charge is 2.22. The zero-order valence-corrected chi connectivity index (χ0v) is 16.2. The molecule has 0 aromatic heterocycles. The molecule has 0 atom stereocenters. The molecule has 0 N–H and O–H groups in total. The number of esters is 1. The number of halogens is 1. The fourth-order valence-electron chi connectivity index (χ4n) is 2.45. The van der Waals surface area contributed by atoms with E-state index in [1.54, 1.807) is 0 Å². The topological polar surface area (TPSA) is 26.3 Å². The van der Waals surface area contributed by atoms with Gasteiger partial charge in [0, 0.05) is 6.42 Å². The van der Waals surface area contributed by atoms with E-state index in [2.05, 4.69) is 27.7 Å². The third-order valence-electron chi connectivity index (χ3n) is 4.50. The molecule has 0 aliphatic carbocycles. The molecule has 0 aromatic carbocycles. The van der Waals surface area contributed by atoms with E-state index in [0.29, 0.717) is 13.2 Å². The molecule has 4 heteroatoms. The van der Waals surface area contributed by atoms with Gasteiger partial charge in [0.05, 0.1) is 19.6 Å². The van der Waals surface area contributed by atoms with E-state index in [1.807, 2.05) is 0 Å². The number of carbonyl (C=O) groups excluding carboxylic acids is 1. The van der Waals surface area contributed by atoms with Gasteiger partial charge in [-0.15, -0.1) is 0 Å². The van der Waals surface area contributed by atoms with Crippen molar-refractivity contribution < 1.29 is 31.0 Å². The Bertz CT molecular complexity index is 235. The van der Waals surface area contributed by atoms with Crippen LogP contribution in [0.25, 0.3) is 0 Å². The van der Waals surface area contributed by atoms with Gasteiger partial charge in [0.15, 0.2) is 0 Å². The number of ether oxygens (including phenoxy) is 1. The summed E-state index contributed by atoms with van der Waals surface area (Å²) in [6.07, 6.45) is 9.26. The molecule has 0 amide bonds. The van der Waals surface area contributed by atoms with E-state index < -0.39 is 0 Å². The number of carbonyl (C=O) groups is 1. The minimum absolute atomic E-state index is 0. The highest BCUT2D eigenvalue weighted by molar-refractivity contribution is 5.69. The summed E-state index contributed by atoms with van der Waals surface area (Å²) in [5.41, 5.74) is 0. The van der Waals surface area contributed by atoms with Crippen molar-refractivity contribution in [3.63, 3.8) is 0 Å². The van der Waals surface area contributed by atoms with Gasteiger partial charge >= 0.3 is 5.97 Å². The Labute approximate surface area is 142 Å². The Morgan fingerprint density at radius 2 is 1.29 bits per heavy atom. The molecule has 21 heavy (non-hydrogen) atoms. The normalized spacial score (nSPS) is 11.0. The second-order valence-corrected chi connectivity index (χ2v) is 5.81. The van der Waals surface area contributed by atoms with Gasteiger partial charge < -0.3 is 21.7 Å². The molecule has 0 radical (unpaired) electrons. The zero-order chi connectivity index (χ0) is 15.3. The molecule has 0 aromatic rings. The van der Waals surface area contributed by atoms with Gasteiger partial charge in [0.2, 0.25) is 6.73 Å². The maximum Gasteiger partial charge on any atom is 0.310 e. The molecule has 0 fully saturated rings. The summed E-state index contributed by atoms with van der Waals surface area (Å²) in [6, 6.07) is 0. The van der Waals surface area contributed by atoms with Gasteiger partial charge in [0.1, 0.15) is 0 Å². The lowest BCUT2D eigenvalue weighted by Gasteiger charge is -2.34. The first kappa shape index (κ1) is 23.2. The molecule has 0 rings (SSSR count). The maximum absolute atomic E-state index is 11.7. The lowest BCUT2D eigenvalue weighted by atomic mass is 10.1. The number of rotatable bonds is 13. The second kappa shape index (κ2) is 14.8. The molecule has 0 saturated heterocycles. The van der Waals surface area contributed by atoms with Crippen LogP contribution in [0.2, 0.25) is 0 Å². The van der Waals surface area contributed by atoms with E-state index in [-0.39, 0.29) is 23.0 Å². The lowest BCUT2D eigenvalue weighted by molar-refractivity contribution is -0.938. The van der Waals surface area contributed by atoms with E-state index >= 15 is 0 Å². The predicted molar refractivity (Wildman–Crippen MR) is 85.5 cm³/mol. The quantitative estimate of drug-likeness (QED) is 0.214. The number of nitrogens with zero attached hydrogens (tertiary/aromatic N) is 1. The van der Waals surface area contributed by atoms with Crippen LogP contribution in [0.4, 0.5) is 0 Å². The Morgan fingerprint density at radius 1 is 0.810 bits per heavy atom. The molecular weight excluding hydrogens is 330 g/mol. The number of quaternary nitrogens is 1. The highest BCUT2D eigenvalue weighted by atomic mass is 79.9. The first-order valence-electron chi connectivity index (χ1n) is 8.64. The van der Waals surface area contributed by atoms with Crippen molar-refractivity contribution in [3.8, 4) is 0 Å². The van der Waals surface area contributed by atoms with Crippen molar-refractivity contribution in [2.45, 2.75) is 79.1 Å². The Hall–Kier alpha value is -0.0900. The summed E-state index contributed by atoms with van der Waals surface area (Å²) < 4.78 is 6.34. The van der Waals surface area contributed by atoms with Crippen LogP contribution in [0, 0.1) is 0 Å². The maximum atomic E-state index is 11.7. The van der Waals surface area contributed by atoms with Crippen molar-refractivity contribution in [3.05, 3.63) is 0 Å². The Kier molecular flexibility index (Phi) is 16.4. The van der Waals surface area contributed by atoms with Gasteiger partial charge in [-0.05, 0) is 27.2 Å². The molecule has 0 bridgehead atoms. The van der Waals surface area contributed by atoms with Crippen molar-refractivity contribution in [1.82, 2.24) is 0 Å². The highest BCUT2D eigenvalue weighted by Crippen LogP contribution is 2.10. The monoisotopic (exact) mass is 365 g/mol. The Balaban J connectivity index is 0. The van der Waals surface area contributed by atoms with Crippen LogP contribution >= 0.6 is 0 Å². The molecule has 0 unspecified atom stereocenters. The Morgan fingerprint density at radius 3 is 1.76 bits per heavy atom. The van der Waals surface area contributed by atoms with E-state index in [4.69, 9.17) is 4.74 Å². The second-order valence-electron chi connectivity index (χ2n) is 5.81. The van der Waals surface area contributed by atoms with Crippen molar-refractivity contribution in [1.29, 1.82) is 0 Å². The lowest BCUT2D eigenvalue weighted by Crippen LogP contribution is -3.00. The van der Waals surface area contributed by atoms with Gasteiger partial charge in [-0.25, -0.2) is 0 Å². The average molecular weight is 366 g/mol. The summed E-state index contributed by atoms with van der Waals surface area (Å²) >= 11 is 0. The summed E-state index contributed by atoms with van der Waals surface area (Å²) in [7, 11) is 0. The minimum Gasteiger partial charge on any atom is -1.00 e. The molecular formula is C17H36BrNO2. The van der Waals surface area contributed by atoms with Gasteiger partial charge in [-0.1, -0.05) is 45.4 Å². The molecule has 0 saturated carbocycles. The van der Waals surface area contributed by atoms with Crippen LogP contribution in [-0.2, 0) is 9.53 Å². The van der Waals surface area contributed by atoms with Gasteiger partial charge in [-0.3, -0.25) is 9.28 Å². The molecule has 0 aliphatic rings. The third-order valence-corrected chi connectivity index (χ3v) is 4.50. The van der Waals surface area contributed by atoms with E-state index in [1.165, 1.54) is 32.1 Å². The fourth-order valence-corrected chi connectivity index (χ4v) is 2.45. The predicted octanol–water partition coefficient (Wildman–Crippen LogP) is 1.51. The minimum atomic E-state index is -0.0172. The summed E-state index contributed by atoms with van der Waals surface area (Å²) in [4.78, 5) is 11.7. The van der Waals surface area contributed by atoms with Crippen LogP contribution in [0.1, 0.15) is 79.1 Å². The van der Waals surface area contributed by atoms with E-state index in [0.717, 1.165) is 37.0 Å². The van der Waals surface area contributed by atoms with Crippen LogP contribution in [0.3, 0.4) is 0 Å². The van der Waals surface area contributed by atoms with Gasteiger partial charge in [0.25, 0.3) is 0 Å². The van der Waals surface area contributed by atoms with Crippen molar-refractivity contribution in [2.24, 2.45) is 0 Å². The molecule has 128 valence electrons. The van der Waals surface area contributed by atoms with Crippen LogP contribution < -0.4 is 17.0 Å². The zero-order valence-electron chi connectivity index (χ0n) is 14.6. The van der Waals surface area contributed by atoms with Crippen LogP contribution in [0.5, 0.6) is 0 Å². The largest absolute Gasteiger partial charge is 1.00 e. The van der Waals surface area contributed by atoms with Crippen molar-refractivity contribution >= 4 is 5.97 Å². The standard InChI is InChI=1S/C17H36NO2.BrH/c1-5-9-10-11-12-13-14-15-17(19)20-16-18(6-2,7-3)8-4;/h5-16H2,1-4H3;1H/q+1;/p-1. The first-order valence-corrected chi connectivity index (χ1v) is 8.64. The summed E-state index contributed by atoms with van der Waals surface area (Å²) in [5, 5.41) is 0. The van der Waals surface area contributed by atoms with Crippen LogP contribution in [0.15, 0.2) is 0 Å². The van der Waals surface area contributed by atoms with E-state index in [9.17, 15) is 4.79 Å². The van der Waals surface area contributed by atoms with Gasteiger partial charge in [-0.2, -0.15) is 0 Å². The molecule has 0 aliphatic heterocycles. The third kappa shape index (κ3) is 11.2. The molecule has 0 spiro atoms. The van der Waals surface area contributed by atoms with Crippen LogP contribution in [-0.4, -0.2) is 36.8 Å². The number of hydrogen-bond donors (Lipinski definition) is 0. The SMILES string of the molecule is CCCCCCCCCC(=O)OC[N+](CC)(CC)CC.[Br-]. The molecule has 0 heterocycles. The average Bonchev–Trinajstić information content (AvgIpc) is 2.48. The fraction of sp³-hybridized carbons (Fsp3) is 0.941. The number of unbranched alkanes of at least 4 members (excludes halogenated alkanes) is 6. The summed E-state index contributed by atoms with van der Waals surface area (Å²) in [5.74, 6) is -0.0172. The first-order chi connectivity index (χ1) is 9.64. The molecule has 3 nitrogen and oxygen atoms in total.